The summed E-state index contributed by atoms with van der Waals surface area (Å²) < 4.78 is 17.3. The van der Waals surface area contributed by atoms with E-state index in [1.54, 1.807) is 0 Å². The van der Waals surface area contributed by atoms with Gasteiger partial charge in [0.05, 0.1) is 31.3 Å². The third-order valence-corrected chi connectivity index (χ3v) is 8.84. The molecule has 2 aromatic rings. The topological polar surface area (TPSA) is 60.0 Å². The monoisotopic (exact) mass is 488 g/mol. The van der Waals surface area contributed by atoms with Gasteiger partial charge in [-0.3, -0.25) is 4.90 Å². The molecule has 0 saturated carbocycles. The van der Waals surface area contributed by atoms with Gasteiger partial charge in [0.1, 0.15) is 0 Å². The number of para-hydroxylation sites is 1. The number of hydrogen-bond donors (Lipinski definition) is 1. The molecule has 6 heteroatoms. The fourth-order valence-corrected chi connectivity index (χ4v) is 7.39. The molecule has 1 aliphatic carbocycles. The molecule has 0 bridgehead atoms. The first-order valence-electron chi connectivity index (χ1n) is 13.4. The van der Waals surface area contributed by atoms with E-state index in [4.69, 9.17) is 14.2 Å². The first kappa shape index (κ1) is 23.7. The summed E-state index contributed by atoms with van der Waals surface area (Å²) in [7, 11) is 1.50. The minimum absolute atomic E-state index is 0.157. The van der Waals surface area contributed by atoms with Gasteiger partial charge in [0.25, 0.3) is 0 Å². The van der Waals surface area contributed by atoms with E-state index in [-0.39, 0.29) is 29.6 Å². The Bertz CT molecular complexity index is 1140. The van der Waals surface area contributed by atoms with E-state index in [9.17, 15) is 4.79 Å². The summed E-state index contributed by atoms with van der Waals surface area (Å²) >= 11 is 0. The number of fused-ring (bicyclic) bond motifs is 1. The Labute approximate surface area is 213 Å². The number of rotatable bonds is 7. The van der Waals surface area contributed by atoms with E-state index < -0.39 is 0 Å². The minimum atomic E-state index is -0.243. The second-order valence-electron chi connectivity index (χ2n) is 10.6. The number of carbonyl (C=O) groups excluding carboxylic acids is 1. The van der Waals surface area contributed by atoms with Crippen molar-refractivity contribution in [3.8, 4) is 0 Å². The zero-order chi connectivity index (χ0) is 24.7. The van der Waals surface area contributed by atoms with Crippen LogP contribution in [0.4, 0.5) is 5.69 Å². The summed E-state index contributed by atoms with van der Waals surface area (Å²) in [6, 6.07) is 19.6. The number of likely N-dealkylation sites (tertiary alicyclic amines) is 1. The molecule has 1 spiro atoms. The number of nitrogens with one attached hydrogen (secondary N) is 1. The quantitative estimate of drug-likeness (QED) is 0.562. The molecule has 3 heterocycles. The van der Waals surface area contributed by atoms with Gasteiger partial charge in [0.2, 0.25) is 0 Å². The summed E-state index contributed by atoms with van der Waals surface area (Å²) in [6.07, 6.45) is 3.46. The molecule has 2 aromatic carbocycles. The first-order chi connectivity index (χ1) is 17.7. The van der Waals surface area contributed by atoms with Crippen LogP contribution in [0.25, 0.3) is 0 Å². The van der Waals surface area contributed by atoms with Crippen molar-refractivity contribution >= 4 is 11.7 Å². The van der Waals surface area contributed by atoms with Crippen LogP contribution >= 0.6 is 0 Å². The molecule has 3 aliphatic heterocycles. The summed E-state index contributed by atoms with van der Waals surface area (Å²) in [6.45, 7) is 5.43. The number of carbonyl (C=O) groups is 1. The Morgan fingerprint density at radius 1 is 1.14 bits per heavy atom. The molecule has 2 saturated heterocycles. The van der Waals surface area contributed by atoms with Crippen molar-refractivity contribution in [1.82, 2.24) is 4.90 Å². The molecule has 2 fully saturated rings. The lowest BCUT2D eigenvalue weighted by atomic mass is 9.61. The maximum absolute atomic E-state index is 13.2. The van der Waals surface area contributed by atoms with E-state index in [2.05, 4.69) is 71.7 Å². The van der Waals surface area contributed by atoms with E-state index in [0.29, 0.717) is 25.6 Å². The van der Waals surface area contributed by atoms with E-state index >= 15 is 0 Å². The highest BCUT2D eigenvalue weighted by Crippen LogP contribution is 2.60. The van der Waals surface area contributed by atoms with E-state index in [0.717, 1.165) is 49.3 Å². The number of nitrogens with zero attached hydrogens (tertiary/aromatic N) is 1. The molecular formula is C30H36N2O4. The molecule has 36 heavy (non-hydrogen) atoms. The van der Waals surface area contributed by atoms with E-state index in [1.807, 2.05) is 0 Å². The molecule has 190 valence electrons. The molecule has 6 nitrogen and oxygen atoms in total. The molecule has 0 amide bonds. The van der Waals surface area contributed by atoms with Gasteiger partial charge in [-0.25, -0.2) is 4.79 Å². The summed E-state index contributed by atoms with van der Waals surface area (Å²) in [5.41, 5.74) is 5.39. The lowest BCUT2D eigenvalue weighted by molar-refractivity contribution is -0.137. The maximum Gasteiger partial charge on any atom is 0.335 e. The molecular weight excluding hydrogens is 452 g/mol. The number of ether oxygens (including phenoxy) is 3. The molecule has 1 unspecified atom stereocenters. The number of methoxy groups -OCH3 is 1. The summed E-state index contributed by atoms with van der Waals surface area (Å²) in [5.74, 6) is 0.356. The van der Waals surface area contributed by atoms with Crippen LogP contribution in [0.5, 0.6) is 0 Å². The number of anilines is 1. The molecule has 0 aromatic heterocycles. The Kier molecular flexibility index (Phi) is 6.36. The van der Waals surface area contributed by atoms with Crippen molar-refractivity contribution < 1.29 is 19.0 Å². The SMILES string of the molecule is CCC(C[C@H]1CC(C(=O)OC)=C2Nc3ccccc3[C@]23CCN(Cc2ccccc2)[C@H]13)C1OCCO1. The Morgan fingerprint density at radius 2 is 1.89 bits per heavy atom. The maximum atomic E-state index is 13.2. The van der Waals surface area contributed by atoms with Crippen molar-refractivity contribution in [2.24, 2.45) is 11.8 Å². The van der Waals surface area contributed by atoms with Crippen molar-refractivity contribution in [2.75, 3.05) is 32.2 Å². The third kappa shape index (κ3) is 3.78. The lowest BCUT2D eigenvalue weighted by Gasteiger charge is -2.47. The predicted molar refractivity (Wildman–Crippen MR) is 138 cm³/mol. The van der Waals surface area contributed by atoms with Crippen LogP contribution in [0.3, 0.4) is 0 Å². The molecule has 6 rings (SSSR count). The zero-order valence-corrected chi connectivity index (χ0v) is 21.2. The number of esters is 1. The van der Waals surface area contributed by atoms with Gasteiger partial charge in [-0.1, -0.05) is 55.5 Å². The molecule has 4 aliphatic rings. The molecule has 1 N–H and O–H groups in total. The largest absolute Gasteiger partial charge is 0.466 e. The van der Waals surface area contributed by atoms with E-state index in [1.165, 1.54) is 18.2 Å². The highest BCUT2D eigenvalue weighted by Gasteiger charge is 2.61. The van der Waals surface area contributed by atoms with Gasteiger partial charge in [-0.15, -0.1) is 0 Å². The molecule has 0 radical (unpaired) electrons. The van der Waals surface area contributed by atoms with Gasteiger partial charge in [0.15, 0.2) is 6.29 Å². The zero-order valence-electron chi connectivity index (χ0n) is 21.2. The van der Waals surface area contributed by atoms with Crippen LogP contribution in [0, 0.1) is 11.8 Å². The van der Waals surface area contributed by atoms with Crippen molar-refractivity contribution in [3.63, 3.8) is 0 Å². The van der Waals surface area contributed by atoms with Gasteiger partial charge in [-0.05, 0) is 48.8 Å². The van der Waals surface area contributed by atoms with Crippen molar-refractivity contribution in [1.29, 1.82) is 0 Å². The normalized spacial score (nSPS) is 28.4. The number of benzene rings is 2. The van der Waals surface area contributed by atoms with Gasteiger partial charge in [0, 0.05) is 36.4 Å². The number of hydrogen-bond acceptors (Lipinski definition) is 6. The summed E-state index contributed by atoms with van der Waals surface area (Å²) in [5, 5.41) is 3.69. The fraction of sp³-hybridized carbons (Fsp3) is 0.500. The van der Waals surface area contributed by atoms with Crippen LogP contribution in [0.1, 0.15) is 43.7 Å². The van der Waals surface area contributed by atoms with Crippen LogP contribution < -0.4 is 5.32 Å². The predicted octanol–water partition coefficient (Wildman–Crippen LogP) is 4.86. The van der Waals surface area contributed by atoms with Gasteiger partial charge >= 0.3 is 5.97 Å². The standard InChI is InChI=1S/C30H36N2O4/c1-3-21(29-35-15-16-36-29)17-22-18-23(28(33)34-2)26-30(24-11-7-8-12-25(24)31-26)13-14-32(27(22)30)19-20-9-5-4-6-10-20/h4-12,21-22,27,29,31H,3,13-19H2,1-2H3/t21?,22-,27+,30+/m0/s1. The Hall–Kier alpha value is -2.67. The first-order valence-corrected chi connectivity index (χ1v) is 13.4. The highest BCUT2D eigenvalue weighted by atomic mass is 16.7. The van der Waals surface area contributed by atoms with Crippen molar-refractivity contribution in [2.45, 2.75) is 56.9 Å². The van der Waals surface area contributed by atoms with Crippen LogP contribution in [0.2, 0.25) is 0 Å². The van der Waals surface area contributed by atoms with Crippen LogP contribution in [0.15, 0.2) is 65.9 Å². The fourth-order valence-electron chi connectivity index (χ4n) is 7.39. The van der Waals surface area contributed by atoms with Crippen LogP contribution in [-0.2, 0) is 31.0 Å². The van der Waals surface area contributed by atoms with Gasteiger partial charge in [-0.2, -0.15) is 0 Å². The Morgan fingerprint density at radius 3 is 2.64 bits per heavy atom. The van der Waals surface area contributed by atoms with Gasteiger partial charge < -0.3 is 19.5 Å². The highest BCUT2D eigenvalue weighted by molar-refractivity contribution is 5.93. The second-order valence-corrected chi connectivity index (χ2v) is 10.6. The summed E-state index contributed by atoms with van der Waals surface area (Å²) in [4.78, 5) is 15.9. The minimum Gasteiger partial charge on any atom is -0.466 e. The average Bonchev–Trinajstić information content (AvgIpc) is 3.65. The second kappa shape index (κ2) is 9.66. The smallest absolute Gasteiger partial charge is 0.335 e. The van der Waals surface area contributed by atoms with Crippen molar-refractivity contribution in [3.05, 3.63) is 77.0 Å². The lowest BCUT2D eigenvalue weighted by Crippen LogP contribution is -2.52. The Balaban J connectivity index is 1.45. The average molecular weight is 489 g/mol. The molecule has 4 atom stereocenters. The van der Waals surface area contributed by atoms with Crippen LogP contribution in [-0.4, -0.2) is 50.1 Å². The third-order valence-electron chi connectivity index (χ3n) is 8.84.